The van der Waals surface area contributed by atoms with Crippen LogP contribution in [0.15, 0.2) is 54.0 Å². The van der Waals surface area contributed by atoms with Crippen LogP contribution in [-0.2, 0) is 0 Å². The van der Waals surface area contributed by atoms with Crippen molar-refractivity contribution in [1.29, 1.82) is 0 Å². The molecule has 0 aliphatic carbocycles. The average molecular weight is 352 g/mol. The van der Waals surface area contributed by atoms with Crippen molar-refractivity contribution in [3.63, 3.8) is 0 Å². The van der Waals surface area contributed by atoms with Gasteiger partial charge < -0.3 is 15.6 Å². The third kappa shape index (κ3) is 3.66. The number of hydrogen-bond donors (Lipinski definition) is 3. The number of amides is 2. The minimum atomic E-state index is -0.543. The van der Waals surface area contributed by atoms with Gasteiger partial charge in [0.15, 0.2) is 0 Å². The summed E-state index contributed by atoms with van der Waals surface area (Å²) in [6, 6.07) is 6.49. The van der Waals surface area contributed by atoms with Crippen molar-refractivity contribution in [2.45, 2.75) is 6.92 Å². The number of imidazole rings is 1. The van der Waals surface area contributed by atoms with Gasteiger partial charge in [-0.25, -0.2) is 14.8 Å². The lowest BCUT2D eigenvalue weighted by Gasteiger charge is -2.07. The molecule has 0 spiro atoms. The molecule has 2 heterocycles. The summed E-state index contributed by atoms with van der Waals surface area (Å²) in [5, 5.41) is 5.30. The van der Waals surface area contributed by atoms with Crippen LogP contribution < -0.4 is 16.2 Å². The molecular weight excluding hydrogens is 336 g/mol. The highest BCUT2D eigenvalue weighted by atomic mass is 16.2. The largest absolute Gasteiger partial charge is 0.338 e. The predicted molar refractivity (Wildman–Crippen MR) is 94.9 cm³/mol. The maximum Gasteiger partial charge on any atom is 0.319 e. The molecule has 9 heteroatoms. The van der Waals surface area contributed by atoms with Crippen LogP contribution in [-0.4, -0.2) is 38.0 Å². The normalized spacial score (nSPS) is 10.3. The summed E-state index contributed by atoms with van der Waals surface area (Å²) in [5.74, 6) is -0.189. The topological polar surface area (TPSA) is 122 Å². The van der Waals surface area contributed by atoms with Crippen LogP contribution in [0.25, 0.3) is 11.4 Å². The molecule has 1 aromatic carbocycles. The number of urea groups is 1. The molecule has 0 saturated heterocycles. The van der Waals surface area contributed by atoms with Crippen LogP contribution in [0.5, 0.6) is 0 Å². The van der Waals surface area contributed by atoms with Gasteiger partial charge in [0.1, 0.15) is 17.7 Å². The molecule has 0 saturated carbocycles. The number of carbonyl (C=O) groups is 2. The Hall–Kier alpha value is -3.75. The second-order valence-corrected chi connectivity index (χ2v) is 5.31. The minimum absolute atomic E-state index is 0.0822. The molecule has 2 aromatic heterocycles. The zero-order chi connectivity index (χ0) is 18.5. The van der Waals surface area contributed by atoms with E-state index in [2.05, 4.69) is 25.6 Å². The van der Waals surface area contributed by atoms with Gasteiger partial charge in [0, 0.05) is 36.4 Å². The van der Waals surface area contributed by atoms with Gasteiger partial charge >= 0.3 is 6.03 Å². The average Bonchev–Trinajstić information content (AvgIpc) is 3.16. The summed E-state index contributed by atoms with van der Waals surface area (Å²) in [6.07, 6.45) is 5.45. The SMILES string of the molecule is CCNC(=O)Nc1ccc(-c2ncc(C(=O)n3ccnc3)c(=O)[nH]2)cc1. The van der Waals surface area contributed by atoms with Crippen molar-refractivity contribution in [2.75, 3.05) is 11.9 Å². The van der Waals surface area contributed by atoms with E-state index in [-0.39, 0.29) is 11.6 Å². The zero-order valence-corrected chi connectivity index (χ0v) is 13.9. The molecule has 9 nitrogen and oxygen atoms in total. The van der Waals surface area contributed by atoms with Crippen LogP contribution in [0.2, 0.25) is 0 Å². The molecular formula is C17H16N6O3. The molecule has 0 unspecified atom stereocenters. The highest BCUT2D eigenvalue weighted by Gasteiger charge is 2.14. The van der Waals surface area contributed by atoms with Gasteiger partial charge in [-0.15, -0.1) is 0 Å². The summed E-state index contributed by atoms with van der Waals surface area (Å²) < 4.78 is 1.20. The fourth-order valence-corrected chi connectivity index (χ4v) is 2.26. The lowest BCUT2D eigenvalue weighted by atomic mass is 10.2. The third-order valence-corrected chi connectivity index (χ3v) is 3.52. The first kappa shape index (κ1) is 17.1. The van der Waals surface area contributed by atoms with E-state index in [9.17, 15) is 14.4 Å². The van der Waals surface area contributed by atoms with Crippen LogP contribution in [0.4, 0.5) is 10.5 Å². The number of carbonyl (C=O) groups excluding carboxylic acids is 2. The van der Waals surface area contributed by atoms with Crippen LogP contribution in [0.1, 0.15) is 17.3 Å². The number of nitrogens with one attached hydrogen (secondary N) is 3. The number of nitrogens with zero attached hydrogens (tertiary/aromatic N) is 3. The molecule has 0 aliphatic heterocycles. The Labute approximate surface area is 148 Å². The molecule has 3 rings (SSSR count). The number of aromatic nitrogens is 4. The molecule has 2 amide bonds. The Morgan fingerprint density at radius 2 is 2.00 bits per heavy atom. The monoisotopic (exact) mass is 352 g/mol. The first-order valence-corrected chi connectivity index (χ1v) is 7.85. The van der Waals surface area contributed by atoms with E-state index in [1.54, 1.807) is 24.3 Å². The lowest BCUT2D eigenvalue weighted by Crippen LogP contribution is -2.28. The maximum atomic E-state index is 12.2. The van der Waals surface area contributed by atoms with Crippen molar-refractivity contribution in [2.24, 2.45) is 0 Å². The van der Waals surface area contributed by atoms with Gasteiger partial charge in [0.25, 0.3) is 11.5 Å². The summed E-state index contributed by atoms with van der Waals surface area (Å²) in [4.78, 5) is 46.4. The second-order valence-electron chi connectivity index (χ2n) is 5.31. The molecule has 0 aliphatic rings. The van der Waals surface area contributed by atoms with E-state index in [1.807, 2.05) is 6.92 Å². The maximum absolute atomic E-state index is 12.2. The van der Waals surface area contributed by atoms with Crippen molar-refractivity contribution >= 4 is 17.6 Å². The van der Waals surface area contributed by atoms with Gasteiger partial charge in [-0.2, -0.15) is 0 Å². The van der Waals surface area contributed by atoms with E-state index in [0.717, 1.165) is 0 Å². The van der Waals surface area contributed by atoms with Gasteiger partial charge in [-0.05, 0) is 31.2 Å². The van der Waals surface area contributed by atoms with Crippen molar-refractivity contribution < 1.29 is 9.59 Å². The van der Waals surface area contributed by atoms with Crippen LogP contribution >= 0.6 is 0 Å². The number of anilines is 1. The third-order valence-electron chi connectivity index (χ3n) is 3.52. The molecule has 0 radical (unpaired) electrons. The Morgan fingerprint density at radius 1 is 1.23 bits per heavy atom. The molecule has 26 heavy (non-hydrogen) atoms. The number of aromatic amines is 1. The molecule has 3 N–H and O–H groups in total. The van der Waals surface area contributed by atoms with Gasteiger partial charge in [-0.1, -0.05) is 0 Å². The molecule has 3 aromatic rings. The fraction of sp³-hybridized carbons (Fsp3) is 0.118. The van der Waals surface area contributed by atoms with Gasteiger partial charge in [0.05, 0.1) is 0 Å². The van der Waals surface area contributed by atoms with Crippen molar-refractivity contribution in [3.8, 4) is 11.4 Å². The van der Waals surface area contributed by atoms with Gasteiger partial charge in [0.2, 0.25) is 0 Å². The summed E-state index contributed by atoms with van der Waals surface area (Å²) in [6.45, 7) is 2.35. The number of H-pyrrole nitrogens is 1. The highest BCUT2D eigenvalue weighted by Crippen LogP contribution is 2.17. The van der Waals surface area contributed by atoms with E-state index in [1.165, 1.54) is 29.5 Å². The van der Waals surface area contributed by atoms with E-state index in [4.69, 9.17) is 0 Å². The van der Waals surface area contributed by atoms with Crippen LogP contribution in [0.3, 0.4) is 0 Å². The summed E-state index contributed by atoms with van der Waals surface area (Å²) in [7, 11) is 0. The molecule has 132 valence electrons. The van der Waals surface area contributed by atoms with Crippen molar-refractivity contribution in [1.82, 2.24) is 24.8 Å². The van der Waals surface area contributed by atoms with Gasteiger partial charge in [-0.3, -0.25) is 14.2 Å². The van der Waals surface area contributed by atoms with E-state index >= 15 is 0 Å². The Morgan fingerprint density at radius 3 is 2.62 bits per heavy atom. The lowest BCUT2D eigenvalue weighted by molar-refractivity contribution is 0.0958. The first-order valence-electron chi connectivity index (χ1n) is 7.85. The smallest absolute Gasteiger partial charge is 0.319 e. The van der Waals surface area contributed by atoms with E-state index in [0.29, 0.717) is 23.6 Å². The first-order chi connectivity index (χ1) is 12.6. The number of hydrogen-bond acceptors (Lipinski definition) is 5. The Bertz CT molecular complexity index is 976. The fourth-order valence-electron chi connectivity index (χ4n) is 2.26. The van der Waals surface area contributed by atoms with Crippen LogP contribution in [0, 0.1) is 0 Å². The highest BCUT2D eigenvalue weighted by molar-refractivity contribution is 5.95. The molecule has 0 bridgehead atoms. The second kappa shape index (κ2) is 7.43. The predicted octanol–water partition coefficient (Wildman–Crippen LogP) is 1.46. The quantitative estimate of drug-likeness (QED) is 0.656. The molecule has 0 fully saturated rings. The minimum Gasteiger partial charge on any atom is -0.338 e. The zero-order valence-electron chi connectivity index (χ0n) is 13.9. The Kier molecular flexibility index (Phi) is 4.88. The van der Waals surface area contributed by atoms with Crippen molar-refractivity contribution in [3.05, 3.63) is 65.1 Å². The number of rotatable bonds is 4. The van der Waals surface area contributed by atoms with E-state index < -0.39 is 11.5 Å². The summed E-state index contributed by atoms with van der Waals surface area (Å²) >= 11 is 0. The standard InChI is InChI=1S/C17H16N6O3/c1-2-19-17(26)21-12-5-3-11(4-6-12)14-20-9-13(15(24)22-14)16(25)23-8-7-18-10-23/h3-10H,2H2,1H3,(H2,19,21,26)(H,20,22,24). The molecule has 0 atom stereocenters. The number of benzene rings is 1. The summed E-state index contributed by atoms with van der Waals surface area (Å²) in [5.41, 5.74) is 0.624. The Balaban J connectivity index is 1.80.